The molecule has 0 saturated heterocycles. The molecule has 1 heterocycles. The van der Waals surface area contributed by atoms with E-state index >= 15 is 0 Å². The predicted octanol–water partition coefficient (Wildman–Crippen LogP) is 2.11. The van der Waals surface area contributed by atoms with Gasteiger partial charge in [0.25, 0.3) is 6.43 Å². The fourth-order valence-corrected chi connectivity index (χ4v) is 2.04. The van der Waals surface area contributed by atoms with E-state index in [0.29, 0.717) is 4.88 Å². The zero-order valence-electron chi connectivity index (χ0n) is 6.76. The van der Waals surface area contributed by atoms with Gasteiger partial charge in [-0.15, -0.1) is 0 Å². The van der Waals surface area contributed by atoms with E-state index in [-0.39, 0.29) is 15.3 Å². The number of hydrogen-bond donors (Lipinski definition) is 2. The number of thiazole rings is 1. The zero-order valence-corrected chi connectivity index (χ0v) is 9.15. The quantitative estimate of drug-likeness (QED) is 0.812. The summed E-state index contributed by atoms with van der Waals surface area (Å²) in [6.45, 7) is -0.472. The van der Waals surface area contributed by atoms with Crippen LogP contribution in [0.5, 0.6) is 0 Å². The number of nitrogens with two attached hydrogens (primary N) is 1. The molecule has 1 rings (SSSR count). The van der Waals surface area contributed by atoms with E-state index in [0.717, 1.165) is 11.3 Å². The Kier molecular flexibility index (Phi) is 3.97. The van der Waals surface area contributed by atoms with Gasteiger partial charge >= 0.3 is 0 Å². The van der Waals surface area contributed by atoms with Crippen LogP contribution in [0.15, 0.2) is 0 Å². The van der Waals surface area contributed by atoms with Gasteiger partial charge in [-0.3, -0.25) is 0 Å². The molecule has 0 fully saturated rings. The van der Waals surface area contributed by atoms with Gasteiger partial charge in [0.2, 0.25) is 0 Å². The van der Waals surface area contributed by atoms with Gasteiger partial charge in [-0.2, -0.15) is 0 Å². The molecule has 0 spiro atoms. The molecular formula is C6H6ClF2N3S2. The first-order chi connectivity index (χ1) is 6.50. The number of halogens is 3. The second-order valence-corrected chi connectivity index (χ2v) is 4.07. The van der Waals surface area contributed by atoms with E-state index in [1.807, 2.05) is 0 Å². The summed E-state index contributed by atoms with van der Waals surface area (Å²) in [5, 5.41) is 2.85. The molecule has 1 aromatic rings. The van der Waals surface area contributed by atoms with E-state index in [1.165, 1.54) is 0 Å². The Morgan fingerprint density at radius 2 is 2.36 bits per heavy atom. The van der Waals surface area contributed by atoms with E-state index in [4.69, 9.17) is 17.3 Å². The van der Waals surface area contributed by atoms with Crippen molar-refractivity contribution in [3.63, 3.8) is 0 Å². The maximum atomic E-state index is 11.8. The second-order valence-electron chi connectivity index (χ2n) is 2.28. The Balaban J connectivity index is 2.71. The molecule has 3 N–H and O–H groups in total. The van der Waals surface area contributed by atoms with Gasteiger partial charge in [-0.05, 0) is 0 Å². The highest BCUT2D eigenvalue weighted by molar-refractivity contribution is 7.81. The summed E-state index contributed by atoms with van der Waals surface area (Å²) in [5.41, 5.74) is 5.33. The molecule has 0 atom stereocenters. The number of hydrogen-bond acceptors (Lipinski definition) is 4. The topological polar surface area (TPSA) is 50.9 Å². The molecule has 0 radical (unpaired) electrons. The van der Waals surface area contributed by atoms with Crippen LogP contribution < -0.4 is 11.1 Å². The summed E-state index contributed by atoms with van der Waals surface area (Å²) < 4.78 is 23.6. The van der Waals surface area contributed by atoms with Gasteiger partial charge in [-0.25, -0.2) is 13.8 Å². The molecule has 1 aromatic heterocycles. The van der Waals surface area contributed by atoms with E-state index in [2.05, 4.69) is 22.5 Å². The van der Waals surface area contributed by atoms with Crippen molar-refractivity contribution in [3.8, 4) is 0 Å². The average Bonchev–Trinajstić information content (AvgIpc) is 2.43. The Morgan fingerprint density at radius 1 is 1.71 bits per heavy atom. The van der Waals surface area contributed by atoms with Crippen LogP contribution >= 0.6 is 35.2 Å². The van der Waals surface area contributed by atoms with E-state index in [9.17, 15) is 8.78 Å². The molecule has 0 bridgehead atoms. The lowest BCUT2D eigenvalue weighted by atomic mass is 10.6. The van der Waals surface area contributed by atoms with Crippen molar-refractivity contribution in [3.05, 3.63) is 10.0 Å². The molecule has 0 saturated carbocycles. The average molecular weight is 258 g/mol. The largest absolute Gasteiger partial charge is 0.389 e. The highest BCUT2D eigenvalue weighted by atomic mass is 35.5. The molecule has 78 valence electrons. The lowest BCUT2D eigenvalue weighted by molar-refractivity contribution is 0.163. The highest BCUT2D eigenvalue weighted by Gasteiger charge is 2.12. The highest BCUT2D eigenvalue weighted by Crippen LogP contribution is 2.26. The van der Waals surface area contributed by atoms with Crippen molar-refractivity contribution in [2.24, 2.45) is 5.73 Å². The summed E-state index contributed by atoms with van der Waals surface area (Å²) in [5.74, 6) is 0. The molecular weight excluding hydrogens is 252 g/mol. The molecule has 0 aromatic carbocycles. The summed E-state index contributed by atoms with van der Waals surface area (Å²) in [7, 11) is 0. The summed E-state index contributed by atoms with van der Waals surface area (Å²) >= 11 is 11.4. The summed E-state index contributed by atoms with van der Waals surface area (Å²) in [4.78, 5) is 4.31. The van der Waals surface area contributed by atoms with Crippen LogP contribution in [0.2, 0.25) is 5.15 Å². The molecule has 0 amide bonds. The minimum atomic E-state index is -2.44. The van der Waals surface area contributed by atoms with Gasteiger partial charge in [0.15, 0.2) is 10.3 Å². The number of nitrogens with zero attached hydrogens (tertiary/aromatic N) is 1. The number of rotatable bonds is 4. The number of aromatic nitrogens is 1. The number of alkyl halides is 2. The molecule has 3 nitrogen and oxygen atoms in total. The van der Waals surface area contributed by atoms with Crippen molar-refractivity contribution in [1.82, 2.24) is 4.98 Å². The second kappa shape index (κ2) is 4.81. The number of anilines is 1. The van der Waals surface area contributed by atoms with Crippen LogP contribution in [0.1, 0.15) is 4.88 Å². The van der Waals surface area contributed by atoms with E-state index in [1.54, 1.807) is 0 Å². The van der Waals surface area contributed by atoms with Gasteiger partial charge in [0.1, 0.15) is 9.87 Å². The molecule has 14 heavy (non-hydrogen) atoms. The lowest BCUT2D eigenvalue weighted by Gasteiger charge is -1.98. The molecule has 0 aliphatic heterocycles. The normalized spacial score (nSPS) is 10.6. The van der Waals surface area contributed by atoms with Gasteiger partial charge in [0, 0.05) is 0 Å². The third-order valence-corrected chi connectivity index (χ3v) is 2.98. The fourth-order valence-electron chi connectivity index (χ4n) is 0.694. The van der Waals surface area contributed by atoms with Crippen molar-refractivity contribution >= 4 is 45.3 Å². The molecule has 0 aliphatic carbocycles. The summed E-state index contributed by atoms with van der Waals surface area (Å²) in [6, 6.07) is 0. The first-order valence-electron chi connectivity index (χ1n) is 3.49. The van der Waals surface area contributed by atoms with E-state index < -0.39 is 13.0 Å². The van der Waals surface area contributed by atoms with Crippen LogP contribution in [0, 0.1) is 0 Å². The van der Waals surface area contributed by atoms with Gasteiger partial charge in [0.05, 0.1) is 6.54 Å². The Labute approximate surface area is 93.3 Å². The fraction of sp³-hybridized carbons (Fsp3) is 0.333. The first kappa shape index (κ1) is 11.5. The standard InChI is InChI=1S/C6H6ClF2N3S2/c7-4-3(5(10)13)14-6(12-4)11-1-2(8)9/h2H,1H2,(H2,10,13)(H,11,12). The van der Waals surface area contributed by atoms with Crippen LogP contribution in [-0.4, -0.2) is 22.9 Å². The van der Waals surface area contributed by atoms with Crippen LogP contribution in [-0.2, 0) is 0 Å². The van der Waals surface area contributed by atoms with Crippen molar-refractivity contribution in [1.29, 1.82) is 0 Å². The van der Waals surface area contributed by atoms with Crippen molar-refractivity contribution in [2.45, 2.75) is 6.43 Å². The van der Waals surface area contributed by atoms with Crippen molar-refractivity contribution in [2.75, 3.05) is 11.9 Å². The first-order valence-corrected chi connectivity index (χ1v) is 5.09. The third kappa shape index (κ3) is 3.00. The lowest BCUT2D eigenvalue weighted by Crippen LogP contribution is -2.09. The smallest absolute Gasteiger partial charge is 0.255 e. The number of nitrogens with one attached hydrogen (secondary N) is 1. The Bertz CT molecular complexity index is 342. The van der Waals surface area contributed by atoms with Crippen molar-refractivity contribution < 1.29 is 8.78 Å². The minimum Gasteiger partial charge on any atom is -0.389 e. The Hall–Kier alpha value is -0.530. The summed E-state index contributed by atoms with van der Waals surface area (Å²) in [6.07, 6.45) is -2.44. The van der Waals surface area contributed by atoms with Crippen LogP contribution in [0.25, 0.3) is 0 Å². The molecule has 8 heteroatoms. The Morgan fingerprint density at radius 3 is 2.79 bits per heavy atom. The maximum Gasteiger partial charge on any atom is 0.255 e. The maximum absolute atomic E-state index is 11.8. The van der Waals surface area contributed by atoms with Crippen LogP contribution in [0.3, 0.4) is 0 Å². The molecule has 0 unspecified atom stereocenters. The SMILES string of the molecule is NC(=S)c1sc(NCC(F)F)nc1Cl. The predicted molar refractivity (Wildman–Crippen MR) is 57.5 cm³/mol. The third-order valence-electron chi connectivity index (χ3n) is 1.22. The zero-order chi connectivity index (χ0) is 10.7. The number of thiocarbonyl (C=S) groups is 1. The molecule has 0 aliphatic rings. The minimum absolute atomic E-state index is 0.109. The van der Waals surface area contributed by atoms with Crippen LogP contribution in [0.4, 0.5) is 13.9 Å². The monoisotopic (exact) mass is 257 g/mol. The van der Waals surface area contributed by atoms with Gasteiger partial charge in [-0.1, -0.05) is 35.2 Å². The van der Waals surface area contributed by atoms with Gasteiger partial charge < -0.3 is 11.1 Å².